The van der Waals surface area contributed by atoms with E-state index in [4.69, 9.17) is 4.74 Å². The molecular weight excluding hydrogens is 250 g/mol. The van der Waals surface area contributed by atoms with E-state index in [-0.39, 0.29) is 17.5 Å². The predicted octanol–water partition coefficient (Wildman–Crippen LogP) is 1.31. The highest BCUT2D eigenvalue weighted by Crippen LogP contribution is 2.18. The first-order valence-electron chi connectivity index (χ1n) is 6.07. The smallest absolute Gasteiger partial charge is 0.153 e. The zero-order valence-corrected chi connectivity index (χ0v) is 11.6. The van der Waals surface area contributed by atoms with E-state index < -0.39 is 9.84 Å². The molecule has 2 rings (SSSR count). The van der Waals surface area contributed by atoms with Gasteiger partial charge in [0.05, 0.1) is 18.6 Å². The maximum Gasteiger partial charge on any atom is 0.153 e. The minimum absolute atomic E-state index is 0.0787. The van der Waals surface area contributed by atoms with Crippen molar-refractivity contribution in [2.75, 3.05) is 25.2 Å². The average Bonchev–Trinajstić information content (AvgIpc) is 2.32. The molecule has 0 unspecified atom stereocenters. The molecule has 1 aromatic carbocycles. The summed E-state index contributed by atoms with van der Waals surface area (Å²) in [5.41, 5.74) is 1.15. The molecule has 18 heavy (non-hydrogen) atoms. The van der Waals surface area contributed by atoms with Crippen molar-refractivity contribution in [3.63, 3.8) is 0 Å². The van der Waals surface area contributed by atoms with Crippen LogP contribution in [0.15, 0.2) is 24.3 Å². The fourth-order valence-corrected chi connectivity index (χ4v) is 3.90. The van der Waals surface area contributed by atoms with Gasteiger partial charge in [0.15, 0.2) is 9.84 Å². The summed E-state index contributed by atoms with van der Waals surface area (Å²) in [5, 5.41) is 0. The number of benzene rings is 1. The van der Waals surface area contributed by atoms with Gasteiger partial charge in [-0.1, -0.05) is 12.1 Å². The van der Waals surface area contributed by atoms with Crippen molar-refractivity contribution in [1.82, 2.24) is 4.90 Å². The lowest BCUT2D eigenvalue weighted by Crippen LogP contribution is -2.46. The highest BCUT2D eigenvalue weighted by atomic mass is 32.2. The van der Waals surface area contributed by atoms with E-state index >= 15 is 0 Å². The first-order chi connectivity index (χ1) is 8.50. The number of hydrogen-bond donors (Lipinski definition) is 0. The van der Waals surface area contributed by atoms with Gasteiger partial charge in [0, 0.05) is 19.1 Å². The minimum atomic E-state index is -2.84. The van der Waals surface area contributed by atoms with Crippen LogP contribution < -0.4 is 4.74 Å². The van der Waals surface area contributed by atoms with Crippen LogP contribution in [0.4, 0.5) is 0 Å². The van der Waals surface area contributed by atoms with Crippen LogP contribution in [0.1, 0.15) is 12.5 Å². The van der Waals surface area contributed by atoms with Gasteiger partial charge in [0.2, 0.25) is 0 Å². The van der Waals surface area contributed by atoms with E-state index in [1.54, 1.807) is 7.11 Å². The van der Waals surface area contributed by atoms with Crippen molar-refractivity contribution in [3.05, 3.63) is 29.8 Å². The second kappa shape index (κ2) is 5.28. The standard InChI is InChI=1S/C13H19NO3S/c1-11-10-18(15,16)7-6-14(11)9-12-4-3-5-13(8-12)17-2/h3-5,8,11H,6-7,9-10H2,1-2H3/t11-/m1/s1. The number of methoxy groups -OCH3 is 1. The van der Waals surface area contributed by atoms with Crippen molar-refractivity contribution in [1.29, 1.82) is 0 Å². The Labute approximate surface area is 108 Å². The van der Waals surface area contributed by atoms with Crippen LogP contribution in [-0.4, -0.2) is 44.5 Å². The Balaban J connectivity index is 2.05. The zero-order valence-electron chi connectivity index (χ0n) is 10.8. The van der Waals surface area contributed by atoms with E-state index in [1.165, 1.54) is 0 Å². The van der Waals surface area contributed by atoms with Crippen LogP contribution in [0, 0.1) is 0 Å². The summed E-state index contributed by atoms with van der Waals surface area (Å²) in [4.78, 5) is 2.20. The molecule has 100 valence electrons. The summed E-state index contributed by atoms with van der Waals surface area (Å²) >= 11 is 0. The Morgan fingerprint density at radius 2 is 2.22 bits per heavy atom. The van der Waals surface area contributed by atoms with E-state index in [0.29, 0.717) is 6.54 Å². The van der Waals surface area contributed by atoms with Gasteiger partial charge in [0.1, 0.15) is 5.75 Å². The molecule has 1 saturated heterocycles. The zero-order chi connectivity index (χ0) is 13.2. The van der Waals surface area contributed by atoms with Gasteiger partial charge in [-0.25, -0.2) is 8.42 Å². The second-order valence-corrected chi connectivity index (χ2v) is 7.01. The average molecular weight is 269 g/mol. The van der Waals surface area contributed by atoms with Gasteiger partial charge >= 0.3 is 0 Å². The first kappa shape index (κ1) is 13.4. The molecule has 0 saturated carbocycles. The number of hydrogen-bond acceptors (Lipinski definition) is 4. The van der Waals surface area contributed by atoms with Crippen molar-refractivity contribution >= 4 is 9.84 Å². The number of nitrogens with zero attached hydrogens (tertiary/aromatic N) is 1. The molecule has 1 atom stereocenters. The van der Waals surface area contributed by atoms with Crippen LogP contribution >= 0.6 is 0 Å². The van der Waals surface area contributed by atoms with Crippen molar-refractivity contribution in [3.8, 4) is 5.75 Å². The quantitative estimate of drug-likeness (QED) is 0.830. The van der Waals surface area contributed by atoms with Crippen LogP contribution in [0.2, 0.25) is 0 Å². The number of rotatable bonds is 3. The van der Waals surface area contributed by atoms with Gasteiger partial charge in [-0.2, -0.15) is 0 Å². The highest BCUT2D eigenvalue weighted by Gasteiger charge is 2.27. The van der Waals surface area contributed by atoms with Crippen LogP contribution in [-0.2, 0) is 16.4 Å². The van der Waals surface area contributed by atoms with Gasteiger partial charge in [0.25, 0.3) is 0 Å². The molecule has 0 bridgehead atoms. The van der Waals surface area contributed by atoms with E-state index in [1.807, 2.05) is 31.2 Å². The minimum Gasteiger partial charge on any atom is -0.497 e. The highest BCUT2D eigenvalue weighted by molar-refractivity contribution is 7.91. The summed E-state index contributed by atoms with van der Waals surface area (Å²) in [6.07, 6.45) is 0. The maximum absolute atomic E-state index is 11.5. The molecule has 4 nitrogen and oxygen atoms in total. The molecule has 0 N–H and O–H groups in total. The molecule has 1 aliphatic rings. The second-order valence-electron chi connectivity index (χ2n) is 4.79. The molecule has 1 heterocycles. The number of ether oxygens (including phenoxy) is 1. The van der Waals surface area contributed by atoms with E-state index in [2.05, 4.69) is 4.90 Å². The molecule has 5 heteroatoms. The molecule has 0 spiro atoms. The van der Waals surface area contributed by atoms with Gasteiger partial charge in [-0.3, -0.25) is 4.90 Å². The number of sulfone groups is 1. The van der Waals surface area contributed by atoms with Crippen molar-refractivity contribution < 1.29 is 13.2 Å². The fourth-order valence-electron chi connectivity index (χ4n) is 2.27. The molecule has 1 aromatic rings. The van der Waals surface area contributed by atoms with Gasteiger partial charge in [-0.05, 0) is 24.6 Å². The third-order valence-corrected chi connectivity index (χ3v) is 5.12. The summed E-state index contributed by atoms with van der Waals surface area (Å²) in [6.45, 7) is 3.35. The van der Waals surface area contributed by atoms with Gasteiger partial charge in [-0.15, -0.1) is 0 Å². The topological polar surface area (TPSA) is 46.6 Å². The summed E-state index contributed by atoms with van der Waals surface area (Å²) in [6, 6.07) is 7.98. The largest absolute Gasteiger partial charge is 0.497 e. The molecule has 0 amide bonds. The molecule has 1 aliphatic heterocycles. The molecule has 0 aromatic heterocycles. The summed E-state index contributed by atoms with van der Waals surface area (Å²) in [5.74, 6) is 1.36. The Kier molecular flexibility index (Phi) is 3.92. The van der Waals surface area contributed by atoms with Gasteiger partial charge < -0.3 is 4.74 Å². The third-order valence-electron chi connectivity index (χ3n) is 3.33. The molecule has 0 radical (unpaired) electrons. The van der Waals surface area contributed by atoms with Crippen molar-refractivity contribution in [2.24, 2.45) is 0 Å². The Hall–Kier alpha value is -1.07. The molecular formula is C13H19NO3S. The summed E-state index contributed by atoms with van der Waals surface area (Å²) in [7, 11) is -1.19. The fraction of sp³-hybridized carbons (Fsp3) is 0.538. The van der Waals surface area contributed by atoms with Crippen LogP contribution in [0.3, 0.4) is 0 Å². The van der Waals surface area contributed by atoms with Crippen LogP contribution in [0.5, 0.6) is 5.75 Å². The lowest BCUT2D eigenvalue weighted by atomic mass is 10.2. The Bertz CT molecular complexity index is 513. The Morgan fingerprint density at radius 1 is 1.44 bits per heavy atom. The monoisotopic (exact) mass is 269 g/mol. The maximum atomic E-state index is 11.5. The Morgan fingerprint density at radius 3 is 2.89 bits per heavy atom. The lowest BCUT2D eigenvalue weighted by molar-refractivity contribution is 0.218. The van der Waals surface area contributed by atoms with Crippen molar-refractivity contribution in [2.45, 2.75) is 19.5 Å². The molecule has 1 fully saturated rings. The van der Waals surface area contributed by atoms with Crippen LogP contribution in [0.25, 0.3) is 0 Å². The predicted molar refractivity (Wildman–Crippen MR) is 71.5 cm³/mol. The van der Waals surface area contributed by atoms with E-state index in [9.17, 15) is 8.42 Å². The SMILES string of the molecule is COc1cccc(CN2CCS(=O)(=O)C[C@H]2C)c1. The normalized spacial score (nSPS) is 23.8. The lowest BCUT2D eigenvalue weighted by Gasteiger charge is -2.33. The summed E-state index contributed by atoms with van der Waals surface area (Å²) < 4.78 is 28.2. The first-order valence-corrected chi connectivity index (χ1v) is 7.90. The third kappa shape index (κ3) is 3.23. The molecule has 0 aliphatic carbocycles. The van der Waals surface area contributed by atoms with E-state index in [0.717, 1.165) is 17.9 Å².